The summed E-state index contributed by atoms with van der Waals surface area (Å²) < 4.78 is 1.75. The van der Waals surface area contributed by atoms with Gasteiger partial charge in [-0.2, -0.15) is 5.10 Å². The van der Waals surface area contributed by atoms with Gasteiger partial charge in [-0.3, -0.25) is 14.3 Å². The van der Waals surface area contributed by atoms with Crippen LogP contribution in [0.15, 0.2) is 24.3 Å². The van der Waals surface area contributed by atoms with Gasteiger partial charge < -0.3 is 10.2 Å². The summed E-state index contributed by atoms with van der Waals surface area (Å²) in [5, 5.41) is 7.94. The molecule has 2 aromatic rings. The monoisotopic (exact) mass is 360 g/mol. The third-order valence-corrected chi connectivity index (χ3v) is 4.73. The second kappa shape index (κ2) is 7.27. The van der Waals surface area contributed by atoms with Crippen molar-refractivity contribution in [1.29, 1.82) is 0 Å². The zero-order valence-corrected chi connectivity index (χ0v) is 15.1. The average molecular weight is 361 g/mol. The zero-order chi connectivity index (χ0) is 18.0. The fourth-order valence-electron chi connectivity index (χ4n) is 3.08. The Bertz CT molecular complexity index is 798. The van der Waals surface area contributed by atoms with Gasteiger partial charge in [-0.25, -0.2) is 0 Å². The number of carbonyl (C=O) groups excluding carboxylic acids is 2. The number of rotatable bonds is 4. The molecule has 3 rings (SSSR count). The Morgan fingerprint density at radius 1 is 1.28 bits per heavy atom. The first-order valence-corrected chi connectivity index (χ1v) is 8.72. The molecular weight excluding hydrogens is 340 g/mol. The first kappa shape index (κ1) is 17.5. The Labute approximate surface area is 151 Å². The fraction of sp³-hybridized carbons (Fsp3) is 0.389. The second-order valence-corrected chi connectivity index (χ2v) is 6.56. The van der Waals surface area contributed by atoms with Gasteiger partial charge in [-0.1, -0.05) is 30.7 Å². The molecule has 132 valence electrons. The molecule has 0 saturated heterocycles. The van der Waals surface area contributed by atoms with Crippen LogP contribution >= 0.6 is 11.6 Å². The highest BCUT2D eigenvalue weighted by Crippen LogP contribution is 2.22. The molecule has 6 nitrogen and oxygen atoms in total. The summed E-state index contributed by atoms with van der Waals surface area (Å²) in [7, 11) is 1.84. The number of fused-ring (bicyclic) bond motifs is 1. The maximum Gasteiger partial charge on any atom is 0.272 e. The maximum atomic E-state index is 12.6. The predicted molar refractivity (Wildman–Crippen MR) is 95.2 cm³/mol. The van der Waals surface area contributed by atoms with Crippen LogP contribution in [-0.2, 0) is 31.4 Å². The summed E-state index contributed by atoms with van der Waals surface area (Å²) in [5.41, 5.74) is 3.24. The summed E-state index contributed by atoms with van der Waals surface area (Å²) in [6, 6.07) is 7.33. The second-order valence-electron chi connectivity index (χ2n) is 6.13. The van der Waals surface area contributed by atoms with E-state index in [1.54, 1.807) is 21.7 Å². The first-order chi connectivity index (χ1) is 12.0. The van der Waals surface area contributed by atoms with E-state index >= 15 is 0 Å². The SMILES string of the molecule is CCC(=O)N1CCc2c(c(C(=O)NCc3ccc(Cl)cc3)nn2C)C1. The Morgan fingerprint density at radius 3 is 2.68 bits per heavy atom. The molecule has 0 atom stereocenters. The Balaban J connectivity index is 1.75. The van der Waals surface area contributed by atoms with Crippen LogP contribution in [0, 0.1) is 0 Å². The minimum absolute atomic E-state index is 0.0991. The third kappa shape index (κ3) is 3.69. The van der Waals surface area contributed by atoms with Crippen molar-refractivity contribution in [2.45, 2.75) is 32.9 Å². The maximum absolute atomic E-state index is 12.6. The van der Waals surface area contributed by atoms with Crippen LogP contribution in [0.1, 0.15) is 40.7 Å². The minimum Gasteiger partial charge on any atom is -0.347 e. The molecule has 1 aliphatic heterocycles. The molecule has 0 spiro atoms. The van der Waals surface area contributed by atoms with E-state index < -0.39 is 0 Å². The van der Waals surface area contributed by atoms with Crippen molar-refractivity contribution in [2.75, 3.05) is 6.54 Å². The van der Waals surface area contributed by atoms with Crippen LogP contribution in [-0.4, -0.2) is 33.0 Å². The molecule has 7 heteroatoms. The van der Waals surface area contributed by atoms with Crippen molar-refractivity contribution in [1.82, 2.24) is 20.0 Å². The van der Waals surface area contributed by atoms with E-state index in [2.05, 4.69) is 10.4 Å². The Morgan fingerprint density at radius 2 is 2.00 bits per heavy atom. The van der Waals surface area contributed by atoms with Crippen LogP contribution in [0.3, 0.4) is 0 Å². The molecule has 1 aliphatic rings. The van der Waals surface area contributed by atoms with E-state index in [9.17, 15) is 9.59 Å². The number of benzene rings is 1. The number of aromatic nitrogens is 2. The van der Waals surface area contributed by atoms with Crippen molar-refractivity contribution in [3.05, 3.63) is 51.8 Å². The third-order valence-electron chi connectivity index (χ3n) is 4.48. The predicted octanol–water partition coefficient (Wildman–Crippen LogP) is 2.30. The highest BCUT2D eigenvalue weighted by molar-refractivity contribution is 6.30. The number of carbonyl (C=O) groups is 2. The topological polar surface area (TPSA) is 67.2 Å². The van der Waals surface area contributed by atoms with E-state index in [4.69, 9.17) is 11.6 Å². The van der Waals surface area contributed by atoms with Crippen molar-refractivity contribution in [3.8, 4) is 0 Å². The van der Waals surface area contributed by atoms with Gasteiger partial charge in [0.2, 0.25) is 5.91 Å². The van der Waals surface area contributed by atoms with Crippen LogP contribution in [0.4, 0.5) is 0 Å². The van der Waals surface area contributed by atoms with Gasteiger partial charge in [-0.15, -0.1) is 0 Å². The molecule has 0 aliphatic carbocycles. The molecule has 0 unspecified atom stereocenters. The lowest BCUT2D eigenvalue weighted by atomic mass is 10.0. The van der Waals surface area contributed by atoms with Crippen LogP contribution in [0.25, 0.3) is 0 Å². The van der Waals surface area contributed by atoms with Crippen molar-refractivity contribution >= 4 is 23.4 Å². The van der Waals surface area contributed by atoms with Gasteiger partial charge in [0.1, 0.15) is 0 Å². The molecule has 0 bridgehead atoms. The van der Waals surface area contributed by atoms with E-state index in [-0.39, 0.29) is 11.8 Å². The number of amides is 2. The number of nitrogens with one attached hydrogen (secondary N) is 1. The lowest BCUT2D eigenvalue weighted by Crippen LogP contribution is -2.36. The molecule has 1 aromatic carbocycles. The molecule has 2 amide bonds. The van der Waals surface area contributed by atoms with E-state index in [0.29, 0.717) is 36.8 Å². The van der Waals surface area contributed by atoms with Gasteiger partial charge in [0, 0.05) is 55.8 Å². The number of aryl methyl sites for hydroxylation is 1. The van der Waals surface area contributed by atoms with Crippen LogP contribution in [0.5, 0.6) is 0 Å². The van der Waals surface area contributed by atoms with Gasteiger partial charge in [0.05, 0.1) is 0 Å². The summed E-state index contributed by atoms with van der Waals surface area (Å²) in [6.45, 7) is 3.37. The van der Waals surface area contributed by atoms with E-state index in [1.165, 1.54) is 0 Å². The summed E-state index contributed by atoms with van der Waals surface area (Å²) in [4.78, 5) is 26.4. The summed E-state index contributed by atoms with van der Waals surface area (Å²) in [5.74, 6) is -0.125. The van der Waals surface area contributed by atoms with Crippen LogP contribution in [0.2, 0.25) is 5.02 Å². The van der Waals surface area contributed by atoms with Gasteiger partial charge in [0.25, 0.3) is 5.91 Å². The molecule has 0 fully saturated rings. The van der Waals surface area contributed by atoms with Crippen molar-refractivity contribution in [2.24, 2.45) is 7.05 Å². The molecule has 1 N–H and O–H groups in total. The standard InChI is InChI=1S/C18H21ClN4O2/c1-3-16(24)23-9-8-15-14(11-23)17(21-22(15)2)18(25)20-10-12-4-6-13(19)7-5-12/h4-7H,3,8-11H2,1-2H3,(H,20,25). The summed E-state index contributed by atoms with van der Waals surface area (Å²) in [6.07, 6.45) is 1.18. The molecule has 2 heterocycles. The Hall–Kier alpha value is -2.34. The number of hydrogen-bond donors (Lipinski definition) is 1. The highest BCUT2D eigenvalue weighted by atomic mass is 35.5. The average Bonchev–Trinajstić information content (AvgIpc) is 2.96. The quantitative estimate of drug-likeness (QED) is 0.909. The van der Waals surface area contributed by atoms with Gasteiger partial charge in [-0.05, 0) is 17.7 Å². The smallest absolute Gasteiger partial charge is 0.272 e. The van der Waals surface area contributed by atoms with Crippen molar-refractivity contribution < 1.29 is 9.59 Å². The zero-order valence-electron chi connectivity index (χ0n) is 14.4. The van der Waals surface area contributed by atoms with E-state index in [0.717, 1.165) is 23.2 Å². The minimum atomic E-state index is -0.224. The lowest BCUT2D eigenvalue weighted by molar-refractivity contribution is -0.131. The molecule has 1 aromatic heterocycles. The molecule has 0 saturated carbocycles. The largest absolute Gasteiger partial charge is 0.347 e. The first-order valence-electron chi connectivity index (χ1n) is 8.34. The Kier molecular flexibility index (Phi) is 5.08. The van der Waals surface area contributed by atoms with Crippen LogP contribution < -0.4 is 5.32 Å². The van der Waals surface area contributed by atoms with Gasteiger partial charge >= 0.3 is 0 Å². The number of hydrogen-bond acceptors (Lipinski definition) is 3. The van der Waals surface area contributed by atoms with Gasteiger partial charge in [0.15, 0.2) is 5.69 Å². The van der Waals surface area contributed by atoms with Crippen molar-refractivity contribution in [3.63, 3.8) is 0 Å². The fourth-order valence-corrected chi connectivity index (χ4v) is 3.21. The summed E-state index contributed by atoms with van der Waals surface area (Å²) >= 11 is 5.87. The molecular formula is C18H21ClN4O2. The molecule has 25 heavy (non-hydrogen) atoms. The lowest BCUT2D eigenvalue weighted by Gasteiger charge is -2.27. The number of nitrogens with zero attached hydrogens (tertiary/aromatic N) is 3. The number of halogens is 1. The molecule has 0 radical (unpaired) electrons. The highest BCUT2D eigenvalue weighted by Gasteiger charge is 2.28. The normalized spacial score (nSPS) is 13.5. The van der Waals surface area contributed by atoms with E-state index in [1.807, 2.05) is 26.1 Å².